The molecule has 1 aliphatic heterocycles. The number of amides is 1. The second-order valence-corrected chi connectivity index (χ2v) is 9.11. The average molecular weight is 421 g/mol. The van der Waals surface area contributed by atoms with Crippen molar-refractivity contribution in [1.29, 1.82) is 0 Å². The largest absolute Gasteiger partial charge is 0.496 e. The van der Waals surface area contributed by atoms with Crippen LogP contribution in [-0.4, -0.2) is 45.7 Å². The van der Waals surface area contributed by atoms with E-state index in [4.69, 9.17) is 4.74 Å². The van der Waals surface area contributed by atoms with Gasteiger partial charge in [-0.15, -0.1) is 11.8 Å². The van der Waals surface area contributed by atoms with Crippen molar-refractivity contribution in [3.63, 3.8) is 0 Å². The minimum Gasteiger partial charge on any atom is -0.496 e. The van der Waals surface area contributed by atoms with Crippen molar-refractivity contribution in [1.82, 2.24) is 9.62 Å². The first kappa shape index (κ1) is 20.7. The van der Waals surface area contributed by atoms with Crippen LogP contribution in [0.15, 0.2) is 52.3 Å². The van der Waals surface area contributed by atoms with E-state index in [9.17, 15) is 13.2 Å². The fourth-order valence-corrected chi connectivity index (χ4v) is 4.82. The van der Waals surface area contributed by atoms with Gasteiger partial charge in [-0.05, 0) is 43.4 Å². The lowest BCUT2D eigenvalue weighted by molar-refractivity contribution is 0.0789. The lowest BCUT2D eigenvalue weighted by atomic mass is 10.2. The molecule has 8 heteroatoms. The van der Waals surface area contributed by atoms with E-state index >= 15 is 0 Å². The molecule has 2 aromatic rings. The van der Waals surface area contributed by atoms with Gasteiger partial charge >= 0.3 is 0 Å². The monoisotopic (exact) mass is 420 g/mol. The molecule has 0 bridgehead atoms. The number of benzene rings is 2. The molecule has 0 atom stereocenters. The number of carbonyl (C=O) groups is 1. The molecule has 150 valence electrons. The number of methoxy groups -OCH3 is 1. The smallest absolute Gasteiger partial charge is 0.255 e. The molecule has 0 aliphatic carbocycles. The first-order valence-electron chi connectivity index (χ1n) is 9.05. The summed E-state index contributed by atoms with van der Waals surface area (Å²) in [6, 6.07) is 12.0. The van der Waals surface area contributed by atoms with Crippen LogP contribution in [0.3, 0.4) is 0 Å². The molecule has 6 nitrogen and oxygen atoms in total. The zero-order valence-corrected chi connectivity index (χ0v) is 17.6. The maximum atomic E-state index is 12.8. The Hall–Kier alpha value is -2.03. The van der Waals surface area contributed by atoms with Crippen LogP contribution in [0.1, 0.15) is 28.8 Å². The average Bonchev–Trinajstić information content (AvgIpc) is 3.26. The molecule has 1 saturated heterocycles. The van der Waals surface area contributed by atoms with Gasteiger partial charge in [0.1, 0.15) is 5.75 Å². The van der Waals surface area contributed by atoms with Gasteiger partial charge in [0.25, 0.3) is 5.91 Å². The Labute approximate surface area is 170 Å². The van der Waals surface area contributed by atoms with E-state index in [1.165, 1.54) is 23.9 Å². The molecule has 1 amide bonds. The molecule has 1 heterocycles. The summed E-state index contributed by atoms with van der Waals surface area (Å²) in [5, 5.41) is 0. The van der Waals surface area contributed by atoms with Gasteiger partial charge in [-0.3, -0.25) is 4.79 Å². The highest BCUT2D eigenvalue weighted by Gasteiger charge is 2.24. The Morgan fingerprint density at radius 3 is 2.57 bits per heavy atom. The van der Waals surface area contributed by atoms with Crippen LogP contribution in [0.25, 0.3) is 0 Å². The Morgan fingerprint density at radius 2 is 1.89 bits per heavy atom. The summed E-state index contributed by atoms with van der Waals surface area (Å²) in [7, 11) is -2.23. The number of nitrogens with one attached hydrogen (secondary N) is 1. The number of hydrogen-bond donors (Lipinski definition) is 1. The molecular weight excluding hydrogens is 396 g/mol. The fraction of sp³-hybridized carbons (Fsp3) is 0.350. The van der Waals surface area contributed by atoms with Crippen LogP contribution < -0.4 is 9.46 Å². The topological polar surface area (TPSA) is 75.7 Å². The molecule has 1 N–H and O–H groups in total. The molecule has 1 aliphatic rings. The molecule has 1 fully saturated rings. The third-order valence-corrected chi connectivity index (χ3v) is 6.94. The van der Waals surface area contributed by atoms with Crippen molar-refractivity contribution in [3.05, 3.63) is 53.6 Å². The van der Waals surface area contributed by atoms with Crippen molar-refractivity contribution in [3.8, 4) is 5.75 Å². The maximum absolute atomic E-state index is 12.8. The number of hydrogen-bond acceptors (Lipinski definition) is 5. The quantitative estimate of drug-likeness (QED) is 0.697. The zero-order valence-electron chi connectivity index (χ0n) is 16.0. The second kappa shape index (κ2) is 8.98. The van der Waals surface area contributed by atoms with E-state index in [1.54, 1.807) is 30.2 Å². The van der Waals surface area contributed by atoms with Crippen LogP contribution in [0.2, 0.25) is 0 Å². The fourth-order valence-electron chi connectivity index (χ4n) is 3.22. The van der Waals surface area contributed by atoms with Gasteiger partial charge in [0, 0.05) is 30.1 Å². The molecule has 3 rings (SSSR count). The van der Waals surface area contributed by atoms with Crippen molar-refractivity contribution >= 4 is 27.7 Å². The number of ether oxygens (including phenoxy) is 1. The van der Waals surface area contributed by atoms with Gasteiger partial charge in [-0.2, -0.15) is 0 Å². The van der Waals surface area contributed by atoms with Crippen molar-refractivity contribution in [2.24, 2.45) is 0 Å². The summed E-state index contributed by atoms with van der Waals surface area (Å²) in [5.41, 5.74) is 1.18. The van der Waals surface area contributed by atoms with Crippen LogP contribution in [0.5, 0.6) is 5.75 Å². The SMILES string of the molecule is COc1ccccc1CNS(=O)(=O)c1ccc(SC)c(C(=O)N2CCCC2)c1. The van der Waals surface area contributed by atoms with E-state index in [0.717, 1.165) is 36.4 Å². The van der Waals surface area contributed by atoms with Crippen molar-refractivity contribution in [2.75, 3.05) is 26.5 Å². The van der Waals surface area contributed by atoms with Crippen molar-refractivity contribution < 1.29 is 17.9 Å². The number of thioether (sulfide) groups is 1. The molecule has 0 radical (unpaired) electrons. The van der Waals surface area contributed by atoms with Gasteiger partial charge < -0.3 is 9.64 Å². The third kappa shape index (κ3) is 4.51. The van der Waals surface area contributed by atoms with Crippen LogP contribution in [0, 0.1) is 0 Å². The van der Waals surface area contributed by atoms with E-state index < -0.39 is 10.0 Å². The number of likely N-dealkylation sites (tertiary alicyclic amines) is 1. The Bertz CT molecular complexity index is 954. The summed E-state index contributed by atoms with van der Waals surface area (Å²) in [6.45, 7) is 1.54. The summed E-state index contributed by atoms with van der Waals surface area (Å²) in [4.78, 5) is 15.5. The first-order valence-corrected chi connectivity index (χ1v) is 11.8. The minimum atomic E-state index is -3.77. The molecule has 0 saturated carbocycles. The zero-order chi connectivity index (χ0) is 20.1. The standard InChI is InChI=1S/C20H24N2O4S2/c1-26-18-8-4-3-7-15(18)14-21-28(24,25)16-9-10-19(27-2)17(13-16)20(23)22-11-5-6-12-22/h3-4,7-10,13,21H,5-6,11-12,14H2,1-2H3. The van der Waals surface area contributed by atoms with Crippen LogP contribution >= 0.6 is 11.8 Å². The Morgan fingerprint density at radius 1 is 1.18 bits per heavy atom. The van der Waals surface area contributed by atoms with Gasteiger partial charge in [0.2, 0.25) is 10.0 Å². The summed E-state index contributed by atoms with van der Waals surface area (Å²) in [5.74, 6) is 0.511. The van der Waals surface area contributed by atoms with Crippen LogP contribution in [0.4, 0.5) is 0 Å². The molecule has 0 aromatic heterocycles. The lowest BCUT2D eigenvalue weighted by Gasteiger charge is -2.18. The Kier molecular flexibility index (Phi) is 6.64. The molecule has 0 spiro atoms. The highest BCUT2D eigenvalue weighted by molar-refractivity contribution is 7.98. The highest BCUT2D eigenvalue weighted by atomic mass is 32.2. The minimum absolute atomic E-state index is 0.0859. The molecule has 28 heavy (non-hydrogen) atoms. The molecular formula is C20H24N2O4S2. The van der Waals surface area contributed by atoms with Gasteiger partial charge in [-0.25, -0.2) is 13.1 Å². The van der Waals surface area contributed by atoms with E-state index in [2.05, 4.69) is 4.72 Å². The normalized spacial score (nSPS) is 14.3. The van der Waals surface area contributed by atoms with Crippen molar-refractivity contribution in [2.45, 2.75) is 29.2 Å². The van der Waals surface area contributed by atoms with Gasteiger partial charge in [0.15, 0.2) is 0 Å². The first-order chi connectivity index (χ1) is 13.5. The Balaban J connectivity index is 1.85. The predicted octanol–water partition coefficient (Wildman–Crippen LogP) is 3.13. The highest BCUT2D eigenvalue weighted by Crippen LogP contribution is 2.26. The summed E-state index contributed by atoms with van der Waals surface area (Å²) >= 11 is 1.44. The third-order valence-electron chi connectivity index (χ3n) is 4.75. The van der Waals surface area contributed by atoms with Gasteiger partial charge in [0.05, 0.1) is 17.6 Å². The number of rotatable bonds is 7. The molecule has 0 unspecified atom stereocenters. The predicted molar refractivity (Wildman–Crippen MR) is 110 cm³/mol. The number of carbonyl (C=O) groups excluding carboxylic acids is 1. The number of para-hydroxylation sites is 1. The summed E-state index contributed by atoms with van der Waals surface area (Å²) in [6.07, 6.45) is 3.85. The lowest BCUT2D eigenvalue weighted by Crippen LogP contribution is -2.29. The molecule has 2 aromatic carbocycles. The summed E-state index contributed by atoms with van der Waals surface area (Å²) < 4.78 is 33.5. The maximum Gasteiger partial charge on any atom is 0.255 e. The van der Waals surface area contributed by atoms with E-state index in [1.807, 2.05) is 18.4 Å². The second-order valence-electron chi connectivity index (χ2n) is 6.50. The number of nitrogens with zero attached hydrogens (tertiary/aromatic N) is 1. The van der Waals surface area contributed by atoms with Gasteiger partial charge in [-0.1, -0.05) is 18.2 Å². The number of sulfonamides is 1. The van der Waals surface area contributed by atoms with E-state index in [-0.39, 0.29) is 17.3 Å². The van der Waals surface area contributed by atoms with Crippen LogP contribution in [-0.2, 0) is 16.6 Å². The van der Waals surface area contributed by atoms with E-state index in [0.29, 0.717) is 11.3 Å².